The first-order valence-corrected chi connectivity index (χ1v) is 10.0. The van der Waals surface area contributed by atoms with Gasteiger partial charge >= 0.3 is 0 Å². The Kier molecular flexibility index (Phi) is 6.20. The lowest BCUT2D eigenvalue weighted by molar-refractivity contribution is -0.115. The molecule has 0 bridgehead atoms. The Hall–Kier alpha value is -3.45. The fourth-order valence-corrected chi connectivity index (χ4v) is 3.34. The van der Waals surface area contributed by atoms with Crippen molar-refractivity contribution in [2.75, 3.05) is 41.8 Å². The largest absolute Gasteiger partial charge is 0.378 e. The van der Waals surface area contributed by atoms with Gasteiger partial charge in [0.1, 0.15) is 17.5 Å². The van der Waals surface area contributed by atoms with Crippen LogP contribution in [-0.2, 0) is 16.0 Å². The molecule has 1 amide bonds. The average Bonchev–Trinajstić information content (AvgIpc) is 2.76. The van der Waals surface area contributed by atoms with Gasteiger partial charge in [-0.15, -0.1) is 0 Å². The monoisotopic (exact) mass is 403 g/mol. The fraction of sp³-hybridized carbons (Fsp3) is 0.261. The molecule has 7 heteroatoms. The Labute approximate surface area is 176 Å². The van der Waals surface area contributed by atoms with Crippen LogP contribution >= 0.6 is 0 Å². The third-order valence-corrected chi connectivity index (χ3v) is 4.81. The molecular weight excluding hydrogens is 378 g/mol. The normalized spacial score (nSPS) is 13.7. The number of amides is 1. The number of hydrogen-bond donors (Lipinski definition) is 2. The van der Waals surface area contributed by atoms with Gasteiger partial charge in [0.2, 0.25) is 5.91 Å². The van der Waals surface area contributed by atoms with Crippen LogP contribution in [0.5, 0.6) is 0 Å². The van der Waals surface area contributed by atoms with Crippen molar-refractivity contribution < 1.29 is 9.53 Å². The molecule has 7 nitrogen and oxygen atoms in total. The third kappa shape index (κ3) is 5.33. The molecule has 0 unspecified atom stereocenters. The maximum absolute atomic E-state index is 12.2. The Bertz CT molecular complexity index is 986. The highest BCUT2D eigenvalue weighted by atomic mass is 16.5. The summed E-state index contributed by atoms with van der Waals surface area (Å²) in [6.07, 6.45) is 0.353. The summed E-state index contributed by atoms with van der Waals surface area (Å²) in [7, 11) is 0. The van der Waals surface area contributed by atoms with E-state index in [4.69, 9.17) is 4.74 Å². The Balaban J connectivity index is 1.38. The second kappa shape index (κ2) is 9.37. The quantitative estimate of drug-likeness (QED) is 0.655. The van der Waals surface area contributed by atoms with Gasteiger partial charge < -0.3 is 20.3 Å². The molecule has 1 saturated heterocycles. The molecule has 0 atom stereocenters. The molecular formula is C23H25N5O2. The highest BCUT2D eigenvalue weighted by Crippen LogP contribution is 2.22. The van der Waals surface area contributed by atoms with E-state index in [1.54, 1.807) is 0 Å². The summed E-state index contributed by atoms with van der Waals surface area (Å²) >= 11 is 0. The minimum Gasteiger partial charge on any atom is -0.378 e. The van der Waals surface area contributed by atoms with Gasteiger partial charge in [0.05, 0.1) is 19.6 Å². The van der Waals surface area contributed by atoms with E-state index in [2.05, 4.69) is 25.5 Å². The lowest BCUT2D eigenvalue weighted by Crippen LogP contribution is -2.36. The smallest absolute Gasteiger partial charge is 0.228 e. The van der Waals surface area contributed by atoms with Crippen LogP contribution in [0.2, 0.25) is 0 Å². The summed E-state index contributed by atoms with van der Waals surface area (Å²) in [6.45, 7) is 4.97. The number of rotatable bonds is 6. The number of carbonyl (C=O) groups excluding carboxylic acids is 1. The standard InChI is InChI=1S/C23H25N5O2/c1-17-24-21(16-22(25-17)28-11-13-30-14-12-28)26-19-7-9-20(10-8-19)27-23(29)15-18-5-3-2-4-6-18/h2-10,16H,11-15H2,1H3,(H,27,29)(H,24,25,26). The lowest BCUT2D eigenvalue weighted by atomic mass is 10.1. The van der Waals surface area contributed by atoms with Crippen LogP contribution in [0.1, 0.15) is 11.4 Å². The summed E-state index contributed by atoms with van der Waals surface area (Å²) in [5.74, 6) is 2.32. The second-order valence-electron chi connectivity index (χ2n) is 7.17. The van der Waals surface area contributed by atoms with Crippen molar-refractivity contribution in [2.45, 2.75) is 13.3 Å². The van der Waals surface area contributed by atoms with Crippen LogP contribution in [0.25, 0.3) is 0 Å². The molecule has 0 spiro atoms. The minimum absolute atomic E-state index is 0.0384. The number of anilines is 4. The fourth-order valence-electron chi connectivity index (χ4n) is 3.34. The van der Waals surface area contributed by atoms with Gasteiger partial charge in [-0.2, -0.15) is 0 Å². The number of carbonyl (C=O) groups is 1. The van der Waals surface area contributed by atoms with E-state index in [-0.39, 0.29) is 5.91 Å². The van der Waals surface area contributed by atoms with Gasteiger partial charge in [-0.05, 0) is 36.8 Å². The van der Waals surface area contributed by atoms with Gasteiger partial charge in [-0.25, -0.2) is 9.97 Å². The zero-order chi connectivity index (χ0) is 20.8. The van der Waals surface area contributed by atoms with Crippen molar-refractivity contribution in [3.8, 4) is 0 Å². The number of ether oxygens (including phenoxy) is 1. The lowest BCUT2D eigenvalue weighted by Gasteiger charge is -2.28. The number of nitrogens with zero attached hydrogens (tertiary/aromatic N) is 3. The van der Waals surface area contributed by atoms with Crippen LogP contribution in [0, 0.1) is 6.92 Å². The Morgan fingerprint density at radius 3 is 2.43 bits per heavy atom. The van der Waals surface area contributed by atoms with Crippen LogP contribution < -0.4 is 15.5 Å². The number of benzene rings is 2. The SMILES string of the molecule is Cc1nc(Nc2ccc(NC(=O)Cc3ccccc3)cc2)cc(N2CCOCC2)n1. The summed E-state index contributed by atoms with van der Waals surface area (Å²) < 4.78 is 5.42. The number of aromatic nitrogens is 2. The molecule has 1 fully saturated rings. The number of morpholine rings is 1. The molecule has 0 radical (unpaired) electrons. The van der Waals surface area contributed by atoms with Crippen molar-refractivity contribution in [3.05, 3.63) is 72.1 Å². The maximum Gasteiger partial charge on any atom is 0.228 e. The summed E-state index contributed by atoms with van der Waals surface area (Å²) in [6, 6.07) is 19.2. The molecule has 2 heterocycles. The second-order valence-corrected chi connectivity index (χ2v) is 7.17. The van der Waals surface area contributed by atoms with E-state index in [1.165, 1.54) is 0 Å². The van der Waals surface area contributed by atoms with Gasteiger partial charge in [-0.1, -0.05) is 30.3 Å². The van der Waals surface area contributed by atoms with Crippen molar-refractivity contribution in [2.24, 2.45) is 0 Å². The molecule has 3 aromatic rings. The number of hydrogen-bond acceptors (Lipinski definition) is 6. The van der Waals surface area contributed by atoms with E-state index < -0.39 is 0 Å². The van der Waals surface area contributed by atoms with E-state index in [0.717, 1.165) is 41.7 Å². The molecule has 1 aliphatic rings. The maximum atomic E-state index is 12.2. The zero-order valence-electron chi connectivity index (χ0n) is 17.0. The molecule has 154 valence electrons. The third-order valence-electron chi connectivity index (χ3n) is 4.81. The molecule has 4 rings (SSSR count). The average molecular weight is 403 g/mol. The Morgan fingerprint density at radius 1 is 1.00 bits per heavy atom. The van der Waals surface area contributed by atoms with Crippen molar-refractivity contribution in [1.82, 2.24) is 9.97 Å². The molecule has 30 heavy (non-hydrogen) atoms. The first-order valence-electron chi connectivity index (χ1n) is 10.0. The Morgan fingerprint density at radius 2 is 1.70 bits per heavy atom. The number of aryl methyl sites for hydroxylation is 1. The predicted molar refractivity (Wildman–Crippen MR) is 118 cm³/mol. The minimum atomic E-state index is -0.0384. The molecule has 0 aliphatic carbocycles. The summed E-state index contributed by atoms with van der Waals surface area (Å²) in [4.78, 5) is 23.5. The topological polar surface area (TPSA) is 79.4 Å². The van der Waals surface area contributed by atoms with Crippen LogP contribution in [0.15, 0.2) is 60.7 Å². The predicted octanol–water partition coefficient (Wildman–Crippen LogP) is 3.55. The number of nitrogens with one attached hydrogen (secondary N) is 2. The molecule has 2 aromatic carbocycles. The van der Waals surface area contributed by atoms with E-state index >= 15 is 0 Å². The van der Waals surface area contributed by atoms with Crippen molar-refractivity contribution in [3.63, 3.8) is 0 Å². The van der Waals surface area contributed by atoms with Gasteiger partial charge in [0.15, 0.2) is 0 Å². The first kappa shape index (κ1) is 19.8. The highest BCUT2D eigenvalue weighted by molar-refractivity contribution is 5.92. The van der Waals surface area contributed by atoms with Crippen LogP contribution in [0.4, 0.5) is 23.0 Å². The van der Waals surface area contributed by atoms with E-state index in [9.17, 15) is 4.79 Å². The molecule has 2 N–H and O–H groups in total. The molecule has 1 aliphatic heterocycles. The van der Waals surface area contributed by atoms with Crippen molar-refractivity contribution >= 4 is 28.9 Å². The van der Waals surface area contributed by atoms with Crippen LogP contribution in [-0.4, -0.2) is 42.2 Å². The summed E-state index contributed by atoms with van der Waals surface area (Å²) in [5.41, 5.74) is 2.64. The van der Waals surface area contributed by atoms with Gasteiger partial charge in [0.25, 0.3) is 0 Å². The van der Waals surface area contributed by atoms with Gasteiger partial charge in [0, 0.05) is 30.5 Å². The van der Waals surface area contributed by atoms with E-state index in [1.807, 2.05) is 67.6 Å². The highest BCUT2D eigenvalue weighted by Gasteiger charge is 2.14. The molecule has 1 aromatic heterocycles. The van der Waals surface area contributed by atoms with Gasteiger partial charge in [-0.3, -0.25) is 4.79 Å². The van der Waals surface area contributed by atoms with E-state index in [0.29, 0.717) is 25.5 Å². The molecule has 0 saturated carbocycles. The first-order chi connectivity index (χ1) is 14.7. The van der Waals surface area contributed by atoms with Crippen molar-refractivity contribution in [1.29, 1.82) is 0 Å². The zero-order valence-corrected chi connectivity index (χ0v) is 17.0. The summed E-state index contributed by atoms with van der Waals surface area (Å²) in [5, 5.41) is 6.25. The van der Waals surface area contributed by atoms with Crippen LogP contribution in [0.3, 0.4) is 0 Å².